The Hall–Kier alpha value is -2.86. The lowest BCUT2D eigenvalue weighted by Gasteiger charge is -2.33. The Bertz CT molecular complexity index is 1300. The van der Waals surface area contributed by atoms with E-state index in [2.05, 4.69) is 4.98 Å². The lowest BCUT2D eigenvalue weighted by atomic mass is 10.2. The van der Waals surface area contributed by atoms with Gasteiger partial charge in [0.15, 0.2) is 4.90 Å². The highest BCUT2D eigenvalue weighted by Crippen LogP contribution is 2.28. The predicted molar refractivity (Wildman–Crippen MR) is 125 cm³/mol. The number of piperazine rings is 1. The highest BCUT2D eigenvalue weighted by Gasteiger charge is 2.34. The normalized spacial score (nSPS) is 14.9. The number of carbonyl (C=O) groups is 1. The Balaban J connectivity index is 1.39. The van der Waals surface area contributed by atoms with Crippen molar-refractivity contribution < 1.29 is 18.1 Å². The number of benzene rings is 2. The number of amides is 1. The smallest absolute Gasteiger partial charge is 0.289 e. The second-order valence-corrected chi connectivity index (χ2v) is 10.5. The molecule has 0 bridgehead atoms. The summed E-state index contributed by atoms with van der Waals surface area (Å²) in [4.78, 5) is 29.0. The van der Waals surface area contributed by atoms with Crippen LogP contribution in [0.5, 0.6) is 0 Å². The molecule has 1 fully saturated rings. The van der Waals surface area contributed by atoms with Gasteiger partial charge in [-0.05, 0) is 18.2 Å². The minimum atomic E-state index is -4.04. The van der Waals surface area contributed by atoms with Crippen LogP contribution >= 0.6 is 22.9 Å². The first-order valence-corrected chi connectivity index (χ1v) is 12.7. The van der Waals surface area contributed by atoms with Gasteiger partial charge in [0.05, 0.1) is 17.0 Å². The summed E-state index contributed by atoms with van der Waals surface area (Å²) in [5, 5.41) is 14.4. The van der Waals surface area contributed by atoms with Crippen molar-refractivity contribution in [3.63, 3.8) is 0 Å². The molecule has 0 unspecified atom stereocenters. The van der Waals surface area contributed by atoms with Crippen molar-refractivity contribution >= 4 is 44.6 Å². The van der Waals surface area contributed by atoms with E-state index in [1.54, 1.807) is 11.0 Å². The average molecular weight is 507 g/mol. The van der Waals surface area contributed by atoms with Gasteiger partial charge < -0.3 is 4.90 Å². The van der Waals surface area contributed by atoms with Gasteiger partial charge in [0.2, 0.25) is 15.9 Å². The van der Waals surface area contributed by atoms with Crippen LogP contribution in [0.25, 0.3) is 10.6 Å². The van der Waals surface area contributed by atoms with Crippen LogP contribution in [0.15, 0.2) is 58.8 Å². The predicted octanol–water partition coefficient (Wildman–Crippen LogP) is 3.45. The van der Waals surface area contributed by atoms with Gasteiger partial charge in [-0.25, -0.2) is 13.4 Å². The summed E-state index contributed by atoms with van der Waals surface area (Å²) >= 11 is 7.45. The summed E-state index contributed by atoms with van der Waals surface area (Å²) in [6.07, 6.45) is 0.105. The molecular formula is C21H19ClN4O5S2. The number of hydrogen-bond acceptors (Lipinski definition) is 7. The summed E-state index contributed by atoms with van der Waals surface area (Å²) in [6, 6.07) is 12.6. The molecule has 2 aromatic carbocycles. The van der Waals surface area contributed by atoms with Crippen molar-refractivity contribution in [2.75, 3.05) is 26.2 Å². The fraction of sp³-hybridized carbons (Fsp3) is 0.238. The lowest BCUT2D eigenvalue weighted by Crippen LogP contribution is -2.50. The first-order chi connectivity index (χ1) is 15.8. The van der Waals surface area contributed by atoms with Crippen molar-refractivity contribution in [3.8, 4) is 10.6 Å². The van der Waals surface area contributed by atoms with Gasteiger partial charge in [0, 0.05) is 48.2 Å². The molecule has 172 valence electrons. The van der Waals surface area contributed by atoms with E-state index in [0.717, 1.165) is 16.6 Å². The second-order valence-electron chi connectivity index (χ2n) is 7.34. The summed E-state index contributed by atoms with van der Waals surface area (Å²) in [6.45, 7) is 0.518. The molecule has 1 saturated heterocycles. The van der Waals surface area contributed by atoms with Crippen LogP contribution in [0.1, 0.15) is 5.69 Å². The standard InChI is InChI=1S/C21H19ClN4O5S2/c22-16-5-3-4-15(12-16)21-23-17(14-32-21)13-20(27)24-8-10-25(11-9-24)33(30,31)19-7-2-1-6-18(19)26(28)29/h1-7,12,14H,8-11,13H2. The zero-order valence-electron chi connectivity index (χ0n) is 17.3. The molecule has 1 aliphatic rings. The van der Waals surface area contributed by atoms with Crippen molar-refractivity contribution in [3.05, 3.63) is 74.7 Å². The molecule has 1 aromatic heterocycles. The zero-order valence-corrected chi connectivity index (χ0v) is 19.6. The molecule has 1 aliphatic heterocycles. The highest BCUT2D eigenvalue weighted by molar-refractivity contribution is 7.89. The number of nitro benzene ring substituents is 1. The Morgan fingerprint density at radius 3 is 2.55 bits per heavy atom. The molecule has 12 heteroatoms. The van der Waals surface area contributed by atoms with E-state index >= 15 is 0 Å². The molecule has 0 N–H and O–H groups in total. The third-order valence-corrected chi connectivity index (χ3v) is 8.35. The van der Waals surface area contributed by atoms with Gasteiger partial charge in [-0.1, -0.05) is 35.9 Å². The molecule has 2 heterocycles. The molecular weight excluding hydrogens is 488 g/mol. The van der Waals surface area contributed by atoms with Crippen LogP contribution < -0.4 is 0 Å². The Morgan fingerprint density at radius 2 is 1.85 bits per heavy atom. The lowest BCUT2D eigenvalue weighted by molar-refractivity contribution is -0.387. The number of sulfonamides is 1. The maximum Gasteiger partial charge on any atom is 0.289 e. The van der Waals surface area contributed by atoms with E-state index in [1.807, 2.05) is 23.6 Å². The Morgan fingerprint density at radius 1 is 1.12 bits per heavy atom. The van der Waals surface area contributed by atoms with E-state index in [9.17, 15) is 23.3 Å². The van der Waals surface area contributed by atoms with E-state index in [1.165, 1.54) is 33.8 Å². The van der Waals surface area contributed by atoms with Gasteiger partial charge in [-0.3, -0.25) is 14.9 Å². The van der Waals surface area contributed by atoms with Gasteiger partial charge in [0.1, 0.15) is 5.01 Å². The molecule has 0 radical (unpaired) electrons. The number of halogens is 1. The Kier molecular flexibility index (Phi) is 6.75. The van der Waals surface area contributed by atoms with Crippen LogP contribution in [0.4, 0.5) is 5.69 Å². The van der Waals surface area contributed by atoms with Crippen molar-refractivity contribution in [2.24, 2.45) is 0 Å². The van der Waals surface area contributed by atoms with Gasteiger partial charge in [-0.2, -0.15) is 4.31 Å². The number of nitrogens with zero attached hydrogens (tertiary/aromatic N) is 4. The number of para-hydroxylation sites is 1. The minimum Gasteiger partial charge on any atom is -0.340 e. The third kappa shape index (κ3) is 5.06. The van der Waals surface area contributed by atoms with E-state index in [4.69, 9.17) is 11.6 Å². The SMILES string of the molecule is O=C(Cc1csc(-c2cccc(Cl)c2)n1)N1CCN(S(=O)(=O)c2ccccc2[N+](=O)[O-])CC1. The minimum absolute atomic E-state index is 0.0605. The largest absolute Gasteiger partial charge is 0.340 e. The van der Waals surface area contributed by atoms with E-state index in [-0.39, 0.29) is 43.4 Å². The molecule has 0 spiro atoms. The van der Waals surface area contributed by atoms with E-state index < -0.39 is 20.6 Å². The number of rotatable bonds is 6. The number of thiazole rings is 1. The monoisotopic (exact) mass is 506 g/mol. The first-order valence-electron chi connectivity index (χ1n) is 9.97. The summed E-state index contributed by atoms with van der Waals surface area (Å²) in [7, 11) is -4.04. The number of nitro groups is 1. The number of carbonyl (C=O) groups excluding carboxylic acids is 1. The maximum absolute atomic E-state index is 12.9. The van der Waals surface area contributed by atoms with Crippen molar-refractivity contribution in [1.29, 1.82) is 0 Å². The van der Waals surface area contributed by atoms with Crippen LogP contribution in [-0.2, 0) is 21.2 Å². The molecule has 0 aliphatic carbocycles. The van der Waals surface area contributed by atoms with Crippen LogP contribution in [0.2, 0.25) is 5.02 Å². The third-order valence-electron chi connectivity index (χ3n) is 5.23. The Labute approximate surface area is 199 Å². The molecule has 0 atom stereocenters. The summed E-state index contributed by atoms with van der Waals surface area (Å²) in [5.74, 6) is -0.152. The zero-order chi connectivity index (χ0) is 23.6. The fourth-order valence-electron chi connectivity index (χ4n) is 3.55. The summed E-state index contributed by atoms with van der Waals surface area (Å²) < 4.78 is 27.1. The first kappa shape index (κ1) is 23.3. The molecule has 1 amide bonds. The van der Waals surface area contributed by atoms with Gasteiger partial charge in [0.25, 0.3) is 5.69 Å². The second kappa shape index (κ2) is 9.56. The average Bonchev–Trinajstić information content (AvgIpc) is 3.27. The van der Waals surface area contributed by atoms with Crippen LogP contribution in [0.3, 0.4) is 0 Å². The number of aromatic nitrogens is 1. The summed E-state index contributed by atoms with van der Waals surface area (Å²) in [5.41, 5.74) is 1.05. The van der Waals surface area contributed by atoms with Crippen molar-refractivity contribution in [2.45, 2.75) is 11.3 Å². The van der Waals surface area contributed by atoms with Crippen molar-refractivity contribution in [1.82, 2.24) is 14.2 Å². The molecule has 0 saturated carbocycles. The van der Waals surface area contributed by atoms with Gasteiger partial charge in [-0.15, -0.1) is 11.3 Å². The van der Waals surface area contributed by atoms with Crippen LogP contribution in [0, 0.1) is 10.1 Å². The van der Waals surface area contributed by atoms with Gasteiger partial charge >= 0.3 is 0 Å². The molecule has 4 rings (SSSR count). The van der Waals surface area contributed by atoms with Crippen LogP contribution in [-0.4, -0.2) is 59.6 Å². The quantitative estimate of drug-likeness (QED) is 0.373. The molecule has 3 aromatic rings. The topological polar surface area (TPSA) is 114 Å². The van der Waals surface area contributed by atoms with E-state index in [0.29, 0.717) is 10.7 Å². The number of hydrogen-bond donors (Lipinski definition) is 0. The molecule has 9 nitrogen and oxygen atoms in total. The highest BCUT2D eigenvalue weighted by atomic mass is 35.5. The fourth-order valence-corrected chi connectivity index (χ4v) is 6.14. The maximum atomic E-state index is 12.9. The molecule has 33 heavy (non-hydrogen) atoms.